The molecule has 0 unspecified atom stereocenters. The molecular formula is C18H22N2. The van der Waals surface area contributed by atoms with Crippen molar-refractivity contribution in [3.8, 4) is 0 Å². The Morgan fingerprint density at radius 1 is 1.10 bits per heavy atom. The van der Waals surface area contributed by atoms with Crippen molar-refractivity contribution < 1.29 is 0 Å². The molecule has 2 nitrogen and oxygen atoms in total. The Labute approximate surface area is 121 Å². The quantitative estimate of drug-likeness (QED) is 0.921. The number of benzene rings is 2. The van der Waals surface area contributed by atoms with Gasteiger partial charge in [0.25, 0.3) is 0 Å². The SMILES string of the molecule is C[C@@H](N)Cc1ccc2c(c1)CCN2Cc1ccccc1. The second kappa shape index (κ2) is 5.68. The summed E-state index contributed by atoms with van der Waals surface area (Å²) in [4.78, 5) is 2.47. The average Bonchev–Trinajstić information content (AvgIpc) is 2.82. The molecule has 0 saturated carbocycles. The number of fused-ring (bicyclic) bond motifs is 1. The van der Waals surface area contributed by atoms with Gasteiger partial charge in [0, 0.05) is 24.8 Å². The van der Waals surface area contributed by atoms with E-state index in [-0.39, 0.29) is 6.04 Å². The summed E-state index contributed by atoms with van der Waals surface area (Å²) in [5.41, 5.74) is 11.5. The minimum absolute atomic E-state index is 0.231. The first-order valence-electron chi connectivity index (χ1n) is 7.38. The first kappa shape index (κ1) is 13.2. The molecule has 0 spiro atoms. The maximum Gasteiger partial charge on any atom is 0.0429 e. The van der Waals surface area contributed by atoms with Crippen LogP contribution >= 0.6 is 0 Å². The Balaban J connectivity index is 1.77. The van der Waals surface area contributed by atoms with Crippen molar-refractivity contribution in [3.05, 3.63) is 65.2 Å². The standard InChI is InChI=1S/C18H22N2/c1-14(19)11-16-7-8-18-17(12-16)9-10-20(18)13-15-5-3-2-4-6-15/h2-8,12,14H,9-11,13,19H2,1H3/t14-/m1/s1. The molecule has 1 aliphatic heterocycles. The summed E-state index contributed by atoms with van der Waals surface area (Å²) in [7, 11) is 0. The molecule has 2 aromatic carbocycles. The predicted molar refractivity (Wildman–Crippen MR) is 85.0 cm³/mol. The van der Waals surface area contributed by atoms with Crippen LogP contribution in [0.4, 0.5) is 5.69 Å². The molecule has 1 atom stereocenters. The highest BCUT2D eigenvalue weighted by Gasteiger charge is 2.19. The molecule has 1 heterocycles. The zero-order valence-corrected chi connectivity index (χ0v) is 12.0. The van der Waals surface area contributed by atoms with Crippen LogP contribution in [0.2, 0.25) is 0 Å². The number of hydrogen-bond donors (Lipinski definition) is 1. The van der Waals surface area contributed by atoms with E-state index in [0.717, 1.165) is 25.9 Å². The van der Waals surface area contributed by atoms with Gasteiger partial charge in [-0.25, -0.2) is 0 Å². The fraction of sp³-hybridized carbons (Fsp3) is 0.333. The van der Waals surface area contributed by atoms with Crippen LogP contribution in [0.3, 0.4) is 0 Å². The molecule has 0 saturated heterocycles. The highest BCUT2D eigenvalue weighted by molar-refractivity contribution is 5.59. The van der Waals surface area contributed by atoms with Gasteiger partial charge in [0.1, 0.15) is 0 Å². The Kier molecular flexibility index (Phi) is 3.75. The second-order valence-electron chi connectivity index (χ2n) is 5.80. The molecule has 20 heavy (non-hydrogen) atoms. The largest absolute Gasteiger partial charge is 0.367 e. The second-order valence-corrected chi connectivity index (χ2v) is 5.80. The Morgan fingerprint density at radius 3 is 2.65 bits per heavy atom. The van der Waals surface area contributed by atoms with E-state index in [2.05, 4.69) is 60.4 Å². The minimum atomic E-state index is 0.231. The lowest BCUT2D eigenvalue weighted by Crippen LogP contribution is -2.19. The summed E-state index contributed by atoms with van der Waals surface area (Å²) in [6.45, 7) is 4.18. The molecule has 104 valence electrons. The molecule has 1 aliphatic rings. The Hall–Kier alpha value is -1.80. The Bertz CT molecular complexity index is 575. The molecule has 3 rings (SSSR count). The van der Waals surface area contributed by atoms with E-state index in [4.69, 9.17) is 5.73 Å². The maximum atomic E-state index is 5.89. The molecule has 2 heteroatoms. The average molecular weight is 266 g/mol. The molecule has 0 fully saturated rings. The number of rotatable bonds is 4. The van der Waals surface area contributed by atoms with Crippen molar-refractivity contribution in [1.82, 2.24) is 0 Å². The van der Waals surface area contributed by atoms with Gasteiger partial charge in [-0.3, -0.25) is 0 Å². The molecule has 0 amide bonds. The van der Waals surface area contributed by atoms with Crippen LogP contribution in [0.15, 0.2) is 48.5 Å². The van der Waals surface area contributed by atoms with E-state index in [1.165, 1.54) is 22.4 Å². The third-order valence-electron chi connectivity index (χ3n) is 3.91. The molecule has 0 radical (unpaired) electrons. The molecule has 0 aromatic heterocycles. The van der Waals surface area contributed by atoms with Gasteiger partial charge in [0.15, 0.2) is 0 Å². The van der Waals surface area contributed by atoms with Crippen LogP contribution in [-0.4, -0.2) is 12.6 Å². The Morgan fingerprint density at radius 2 is 1.90 bits per heavy atom. The van der Waals surface area contributed by atoms with Gasteiger partial charge in [-0.05, 0) is 42.5 Å². The van der Waals surface area contributed by atoms with E-state index in [9.17, 15) is 0 Å². The molecule has 0 aliphatic carbocycles. The lowest BCUT2D eigenvalue weighted by molar-refractivity contribution is 0.737. The van der Waals surface area contributed by atoms with Crippen LogP contribution in [0, 0.1) is 0 Å². The smallest absolute Gasteiger partial charge is 0.0429 e. The van der Waals surface area contributed by atoms with Gasteiger partial charge in [0.2, 0.25) is 0 Å². The number of nitrogens with zero attached hydrogens (tertiary/aromatic N) is 1. The van der Waals surface area contributed by atoms with Crippen molar-refractivity contribution in [1.29, 1.82) is 0 Å². The van der Waals surface area contributed by atoms with Gasteiger partial charge in [-0.1, -0.05) is 42.5 Å². The summed E-state index contributed by atoms with van der Waals surface area (Å²) >= 11 is 0. The third-order valence-corrected chi connectivity index (χ3v) is 3.91. The topological polar surface area (TPSA) is 29.3 Å². The van der Waals surface area contributed by atoms with Crippen molar-refractivity contribution >= 4 is 5.69 Å². The molecular weight excluding hydrogens is 244 g/mol. The van der Waals surface area contributed by atoms with E-state index in [1.54, 1.807) is 0 Å². The van der Waals surface area contributed by atoms with Gasteiger partial charge < -0.3 is 10.6 Å². The number of nitrogens with two attached hydrogens (primary N) is 1. The normalized spacial score (nSPS) is 15.2. The van der Waals surface area contributed by atoms with E-state index >= 15 is 0 Å². The summed E-state index contributed by atoms with van der Waals surface area (Å²) in [6, 6.07) is 17.7. The monoisotopic (exact) mass is 266 g/mol. The summed E-state index contributed by atoms with van der Waals surface area (Å²) in [6.07, 6.45) is 2.11. The van der Waals surface area contributed by atoms with Crippen molar-refractivity contribution in [2.24, 2.45) is 5.73 Å². The van der Waals surface area contributed by atoms with E-state index < -0.39 is 0 Å². The first-order valence-corrected chi connectivity index (χ1v) is 7.38. The van der Waals surface area contributed by atoms with Gasteiger partial charge in [-0.15, -0.1) is 0 Å². The van der Waals surface area contributed by atoms with Gasteiger partial charge >= 0.3 is 0 Å². The zero-order valence-electron chi connectivity index (χ0n) is 12.0. The first-order chi connectivity index (χ1) is 9.72. The van der Waals surface area contributed by atoms with Crippen molar-refractivity contribution in [2.45, 2.75) is 32.4 Å². The van der Waals surface area contributed by atoms with E-state index in [0.29, 0.717) is 0 Å². The highest BCUT2D eigenvalue weighted by Crippen LogP contribution is 2.30. The van der Waals surface area contributed by atoms with Gasteiger partial charge in [0.05, 0.1) is 0 Å². The van der Waals surface area contributed by atoms with Crippen LogP contribution in [-0.2, 0) is 19.4 Å². The van der Waals surface area contributed by atoms with Crippen molar-refractivity contribution in [3.63, 3.8) is 0 Å². The van der Waals surface area contributed by atoms with Crippen LogP contribution in [0.25, 0.3) is 0 Å². The van der Waals surface area contributed by atoms with Crippen LogP contribution < -0.4 is 10.6 Å². The molecule has 2 aromatic rings. The highest BCUT2D eigenvalue weighted by atomic mass is 15.1. The predicted octanol–water partition coefficient (Wildman–Crippen LogP) is 3.14. The maximum absolute atomic E-state index is 5.89. The zero-order chi connectivity index (χ0) is 13.9. The summed E-state index contributed by atoms with van der Waals surface area (Å²) in [5.74, 6) is 0. The van der Waals surface area contributed by atoms with Crippen molar-refractivity contribution in [2.75, 3.05) is 11.4 Å². The van der Waals surface area contributed by atoms with Gasteiger partial charge in [-0.2, -0.15) is 0 Å². The van der Waals surface area contributed by atoms with Crippen LogP contribution in [0.5, 0.6) is 0 Å². The fourth-order valence-corrected chi connectivity index (χ4v) is 2.99. The van der Waals surface area contributed by atoms with E-state index in [1.807, 2.05) is 0 Å². The number of anilines is 1. The molecule has 2 N–H and O–H groups in total. The van der Waals surface area contributed by atoms with Crippen LogP contribution in [0.1, 0.15) is 23.6 Å². The summed E-state index contributed by atoms with van der Waals surface area (Å²) in [5, 5.41) is 0. The molecule has 0 bridgehead atoms. The lowest BCUT2D eigenvalue weighted by Gasteiger charge is -2.20. The fourth-order valence-electron chi connectivity index (χ4n) is 2.99. The lowest BCUT2D eigenvalue weighted by atomic mass is 10.0. The minimum Gasteiger partial charge on any atom is -0.367 e. The summed E-state index contributed by atoms with van der Waals surface area (Å²) < 4.78 is 0. The third kappa shape index (κ3) is 2.86. The number of hydrogen-bond acceptors (Lipinski definition) is 2.